The van der Waals surface area contributed by atoms with Crippen LogP contribution in [0.5, 0.6) is 0 Å². The predicted molar refractivity (Wildman–Crippen MR) is 74.9 cm³/mol. The molecule has 0 spiro atoms. The summed E-state index contributed by atoms with van der Waals surface area (Å²) >= 11 is 0. The van der Waals surface area contributed by atoms with Crippen LogP contribution >= 0.6 is 0 Å². The van der Waals surface area contributed by atoms with E-state index in [4.69, 9.17) is 0 Å². The van der Waals surface area contributed by atoms with E-state index in [0.717, 1.165) is 12.1 Å². The maximum Gasteiger partial charge on any atom is 0.320 e. The van der Waals surface area contributed by atoms with Crippen molar-refractivity contribution in [3.8, 4) is 0 Å². The third-order valence-electron chi connectivity index (χ3n) is 2.45. The van der Waals surface area contributed by atoms with Crippen molar-refractivity contribution in [3.63, 3.8) is 0 Å². The SMILES string of the molecule is CCC(C)Nc1ccc(NC(=O)NC(C)C)nc1. The van der Waals surface area contributed by atoms with Crippen molar-refractivity contribution in [2.75, 3.05) is 10.6 Å². The molecule has 100 valence electrons. The lowest BCUT2D eigenvalue weighted by Gasteiger charge is -2.13. The zero-order valence-corrected chi connectivity index (χ0v) is 11.4. The molecule has 18 heavy (non-hydrogen) atoms. The van der Waals surface area contributed by atoms with Crippen LogP contribution in [-0.2, 0) is 0 Å². The van der Waals surface area contributed by atoms with Crippen LogP contribution < -0.4 is 16.0 Å². The van der Waals surface area contributed by atoms with Crippen molar-refractivity contribution < 1.29 is 4.79 Å². The summed E-state index contributed by atoms with van der Waals surface area (Å²) in [5.41, 5.74) is 0.958. The van der Waals surface area contributed by atoms with Crippen LogP contribution in [0.15, 0.2) is 18.3 Å². The lowest BCUT2D eigenvalue weighted by atomic mass is 10.2. The number of pyridine rings is 1. The molecule has 0 fully saturated rings. The fraction of sp³-hybridized carbons (Fsp3) is 0.538. The van der Waals surface area contributed by atoms with Gasteiger partial charge in [-0.05, 0) is 39.3 Å². The van der Waals surface area contributed by atoms with Gasteiger partial charge in [0.05, 0.1) is 11.9 Å². The van der Waals surface area contributed by atoms with Crippen LogP contribution in [0.3, 0.4) is 0 Å². The summed E-state index contributed by atoms with van der Waals surface area (Å²) < 4.78 is 0. The van der Waals surface area contributed by atoms with Gasteiger partial charge in [-0.3, -0.25) is 5.32 Å². The minimum absolute atomic E-state index is 0.108. The van der Waals surface area contributed by atoms with Gasteiger partial charge in [0.2, 0.25) is 0 Å². The van der Waals surface area contributed by atoms with E-state index in [1.165, 1.54) is 0 Å². The first-order valence-corrected chi connectivity index (χ1v) is 6.31. The van der Waals surface area contributed by atoms with Crippen LogP contribution in [0.2, 0.25) is 0 Å². The highest BCUT2D eigenvalue weighted by Gasteiger charge is 2.04. The van der Waals surface area contributed by atoms with E-state index in [-0.39, 0.29) is 12.1 Å². The smallest absolute Gasteiger partial charge is 0.320 e. The second kappa shape index (κ2) is 6.83. The summed E-state index contributed by atoms with van der Waals surface area (Å²) in [5.74, 6) is 0.544. The molecule has 1 aromatic heterocycles. The van der Waals surface area contributed by atoms with Gasteiger partial charge >= 0.3 is 6.03 Å². The first-order valence-electron chi connectivity index (χ1n) is 6.31. The molecule has 1 atom stereocenters. The standard InChI is InChI=1S/C13H22N4O/c1-5-10(4)16-11-6-7-12(14-8-11)17-13(18)15-9(2)3/h6-10,16H,5H2,1-4H3,(H2,14,15,17,18). The molecule has 1 rings (SSSR count). The Labute approximate surface area is 108 Å². The van der Waals surface area contributed by atoms with E-state index in [2.05, 4.69) is 34.8 Å². The molecule has 0 radical (unpaired) electrons. The fourth-order valence-electron chi connectivity index (χ4n) is 1.35. The molecule has 0 saturated carbocycles. The Kier molecular flexibility index (Phi) is 5.42. The Morgan fingerprint density at radius 1 is 1.33 bits per heavy atom. The molecule has 5 heteroatoms. The highest BCUT2D eigenvalue weighted by atomic mass is 16.2. The maximum absolute atomic E-state index is 11.5. The van der Waals surface area contributed by atoms with Crippen LogP contribution in [0.1, 0.15) is 34.1 Å². The number of carbonyl (C=O) groups is 1. The molecule has 0 bridgehead atoms. The fourth-order valence-corrected chi connectivity index (χ4v) is 1.35. The number of rotatable bonds is 5. The third kappa shape index (κ3) is 5.03. The average molecular weight is 250 g/mol. The van der Waals surface area contributed by atoms with Gasteiger partial charge in [-0.15, -0.1) is 0 Å². The summed E-state index contributed by atoms with van der Waals surface area (Å²) in [6, 6.07) is 3.97. The second-order valence-electron chi connectivity index (χ2n) is 4.64. The number of nitrogens with zero attached hydrogens (tertiary/aromatic N) is 1. The molecule has 1 unspecified atom stereocenters. The molecule has 5 nitrogen and oxygen atoms in total. The van der Waals surface area contributed by atoms with Gasteiger partial charge in [0.25, 0.3) is 0 Å². The normalized spacial score (nSPS) is 12.1. The Hall–Kier alpha value is -1.78. The molecular weight excluding hydrogens is 228 g/mol. The van der Waals surface area contributed by atoms with E-state index in [9.17, 15) is 4.79 Å². The lowest BCUT2D eigenvalue weighted by molar-refractivity contribution is 0.250. The van der Waals surface area contributed by atoms with Gasteiger partial charge in [-0.25, -0.2) is 9.78 Å². The number of hydrogen-bond donors (Lipinski definition) is 3. The Morgan fingerprint density at radius 2 is 2.06 bits per heavy atom. The van der Waals surface area contributed by atoms with Crippen LogP contribution in [-0.4, -0.2) is 23.1 Å². The van der Waals surface area contributed by atoms with Gasteiger partial charge in [-0.2, -0.15) is 0 Å². The van der Waals surface area contributed by atoms with Crippen LogP contribution in [0.25, 0.3) is 0 Å². The summed E-state index contributed by atoms with van der Waals surface area (Å²) in [7, 11) is 0. The zero-order valence-electron chi connectivity index (χ0n) is 11.4. The molecule has 1 aromatic rings. The Morgan fingerprint density at radius 3 is 2.56 bits per heavy atom. The molecular formula is C13H22N4O. The molecule has 0 aliphatic carbocycles. The number of amides is 2. The molecule has 0 aliphatic rings. The van der Waals surface area contributed by atoms with Gasteiger partial charge < -0.3 is 10.6 Å². The van der Waals surface area contributed by atoms with Crippen molar-refractivity contribution in [2.24, 2.45) is 0 Å². The van der Waals surface area contributed by atoms with Gasteiger partial charge in [0.1, 0.15) is 5.82 Å². The Bertz CT molecular complexity index is 375. The molecule has 3 N–H and O–H groups in total. The molecule has 0 aliphatic heterocycles. The van der Waals surface area contributed by atoms with Crippen molar-refractivity contribution in [1.82, 2.24) is 10.3 Å². The molecule has 1 heterocycles. The number of hydrogen-bond acceptors (Lipinski definition) is 3. The van der Waals surface area contributed by atoms with Crippen LogP contribution in [0, 0.1) is 0 Å². The molecule has 0 saturated heterocycles. The van der Waals surface area contributed by atoms with E-state index < -0.39 is 0 Å². The number of anilines is 2. The van der Waals surface area contributed by atoms with Crippen molar-refractivity contribution in [2.45, 2.75) is 46.2 Å². The number of urea groups is 1. The summed E-state index contributed by atoms with van der Waals surface area (Å²) in [4.78, 5) is 15.6. The molecule has 2 amide bonds. The minimum Gasteiger partial charge on any atom is -0.381 e. The predicted octanol–water partition coefficient (Wildman–Crippen LogP) is 2.82. The van der Waals surface area contributed by atoms with Gasteiger partial charge in [-0.1, -0.05) is 6.92 Å². The maximum atomic E-state index is 11.5. The average Bonchev–Trinajstić information content (AvgIpc) is 2.30. The van der Waals surface area contributed by atoms with E-state index in [1.807, 2.05) is 19.9 Å². The topological polar surface area (TPSA) is 66.0 Å². The highest BCUT2D eigenvalue weighted by Crippen LogP contribution is 2.11. The Balaban J connectivity index is 2.52. The van der Waals surface area contributed by atoms with Gasteiger partial charge in [0.15, 0.2) is 0 Å². The lowest BCUT2D eigenvalue weighted by Crippen LogP contribution is -2.34. The quantitative estimate of drug-likeness (QED) is 0.752. The van der Waals surface area contributed by atoms with E-state index >= 15 is 0 Å². The number of aromatic nitrogens is 1. The van der Waals surface area contributed by atoms with Crippen molar-refractivity contribution in [3.05, 3.63) is 18.3 Å². The monoisotopic (exact) mass is 250 g/mol. The van der Waals surface area contributed by atoms with E-state index in [1.54, 1.807) is 12.3 Å². The third-order valence-corrected chi connectivity index (χ3v) is 2.45. The van der Waals surface area contributed by atoms with Crippen molar-refractivity contribution in [1.29, 1.82) is 0 Å². The highest BCUT2D eigenvalue weighted by molar-refractivity contribution is 5.88. The van der Waals surface area contributed by atoms with Gasteiger partial charge in [0, 0.05) is 12.1 Å². The minimum atomic E-state index is -0.236. The first kappa shape index (κ1) is 14.3. The number of carbonyl (C=O) groups excluding carboxylic acids is 1. The second-order valence-corrected chi connectivity index (χ2v) is 4.64. The number of nitrogens with one attached hydrogen (secondary N) is 3. The van der Waals surface area contributed by atoms with Crippen LogP contribution in [0.4, 0.5) is 16.3 Å². The summed E-state index contributed by atoms with van der Waals surface area (Å²) in [5, 5.41) is 8.73. The van der Waals surface area contributed by atoms with Crippen molar-refractivity contribution >= 4 is 17.5 Å². The molecule has 0 aromatic carbocycles. The largest absolute Gasteiger partial charge is 0.381 e. The zero-order chi connectivity index (χ0) is 13.5. The summed E-state index contributed by atoms with van der Waals surface area (Å²) in [6.45, 7) is 8.05. The van der Waals surface area contributed by atoms with E-state index in [0.29, 0.717) is 11.9 Å². The summed E-state index contributed by atoms with van der Waals surface area (Å²) in [6.07, 6.45) is 2.77. The first-order chi connectivity index (χ1) is 8.51.